The van der Waals surface area contributed by atoms with E-state index in [1.54, 1.807) is 19.1 Å². The van der Waals surface area contributed by atoms with E-state index in [9.17, 15) is 9.59 Å². The highest BCUT2D eigenvalue weighted by atomic mass is 16.4. The molecule has 0 aliphatic heterocycles. The predicted molar refractivity (Wildman–Crippen MR) is 76.8 cm³/mol. The van der Waals surface area contributed by atoms with Crippen LogP contribution in [0.4, 0.5) is 10.5 Å². The summed E-state index contributed by atoms with van der Waals surface area (Å²) in [5, 5.41) is 14.1. The number of carbonyl (C=O) groups excluding carboxylic acids is 1. The minimum absolute atomic E-state index is 0.421. The first kappa shape index (κ1) is 15.9. The molecular weight excluding hydrogens is 258 g/mol. The lowest BCUT2D eigenvalue weighted by Crippen LogP contribution is -2.43. The number of unbranched alkanes of at least 4 members (excludes halogenated alkanes) is 1. The molecule has 6 nitrogen and oxygen atoms in total. The van der Waals surface area contributed by atoms with Gasteiger partial charge in [-0.15, -0.1) is 0 Å². The highest BCUT2D eigenvalue weighted by Gasteiger charge is 2.19. The van der Waals surface area contributed by atoms with E-state index in [-0.39, 0.29) is 0 Å². The van der Waals surface area contributed by atoms with Crippen LogP contribution in [-0.4, -0.2) is 28.1 Å². The van der Waals surface area contributed by atoms with E-state index < -0.39 is 18.0 Å². The second kappa shape index (κ2) is 7.47. The van der Waals surface area contributed by atoms with E-state index in [2.05, 4.69) is 15.6 Å². The van der Waals surface area contributed by atoms with Crippen molar-refractivity contribution in [3.05, 3.63) is 23.5 Å². The average molecular weight is 279 g/mol. The van der Waals surface area contributed by atoms with E-state index in [0.29, 0.717) is 17.8 Å². The Hall–Kier alpha value is -2.11. The van der Waals surface area contributed by atoms with Gasteiger partial charge in [-0.25, -0.2) is 9.59 Å². The molecule has 0 radical (unpaired) electrons. The molecule has 0 saturated carbocycles. The molecule has 6 heteroatoms. The zero-order chi connectivity index (χ0) is 15.1. The molecule has 0 aromatic carbocycles. The summed E-state index contributed by atoms with van der Waals surface area (Å²) < 4.78 is 0. The molecule has 1 rings (SSSR count). The number of carboxylic acids is 1. The topological polar surface area (TPSA) is 91.3 Å². The smallest absolute Gasteiger partial charge is 0.326 e. The van der Waals surface area contributed by atoms with Crippen molar-refractivity contribution in [1.29, 1.82) is 0 Å². The number of aliphatic carboxylic acids is 1. The van der Waals surface area contributed by atoms with Crippen LogP contribution in [0.1, 0.15) is 37.6 Å². The number of pyridine rings is 1. The molecule has 2 amide bonds. The van der Waals surface area contributed by atoms with Crippen LogP contribution >= 0.6 is 0 Å². The first-order valence-electron chi connectivity index (χ1n) is 6.68. The largest absolute Gasteiger partial charge is 0.480 e. The molecule has 1 heterocycles. The zero-order valence-electron chi connectivity index (χ0n) is 12.1. The molecule has 1 aromatic heterocycles. The summed E-state index contributed by atoms with van der Waals surface area (Å²) >= 11 is 0. The van der Waals surface area contributed by atoms with Gasteiger partial charge in [0, 0.05) is 5.69 Å². The Balaban J connectivity index is 2.63. The van der Waals surface area contributed by atoms with Gasteiger partial charge in [-0.1, -0.05) is 19.8 Å². The van der Waals surface area contributed by atoms with Gasteiger partial charge in [0.1, 0.15) is 6.04 Å². The molecule has 110 valence electrons. The number of nitrogens with one attached hydrogen (secondary N) is 2. The van der Waals surface area contributed by atoms with Crippen molar-refractivity contribution < 1.29 is 14.7 Å². The molecule has 0 unspecified atom stereocenters. The molecule has 3 N–H and O–H groups in total. The standard InChI is InChI=1S/C14H21N3O3/c1-4-5-6-12(13(18)19)17-14(20)16-11-8-7-9(2)15-10(11)3/h7-8,12H,4-6H2,1-3H3,(H,18,19)(H2,16,17,20)/t12-/m0/s1. The number of nitrogens with zero attached hydrogens (tertiary/aromatic N) is 1. The molecule has 0 spiro atoms. The van der Waals surface area contributed by atoms with Gasteiger partial charge in [-0.2, -0.15) is 0 Å². The van der Waals surface area contributed by atoms with Crippen molar-refractivity contribution in [3.63, 3.8) is 0 Å². The SMILES string of the molecule is CCCC[C@H](NC(=O)Nc1ccc(C)nc1C)C(=O)O. The molecular formula is C14H21N3O3. The maximum atomic E-state index is 11.8. The lowest BCUT2D eigenvalue weighted by atomic mass is 10.1. The van der Waals surface area contributed by atoms with Gasteiger partial charge in [-0.05, 0) is 32.4 Å². The van der Waals surface area contributed by atoms with Gasteiger partial charge in [0.2, 0.25) is 0 Å². The predicted octanol–water partition coefficient (Wildman–Crippen LogP) is 2.46. The Kier molecular flexibility index (Phi) is 5.96. The van der Waals surface area contributed by atoms with Crippen LogP contribution in [0.5, 0.6) is 0 Å². The zero-order valence-corrected chi connectivity index (χ0v) is 12.1. The molecule has 0 aliphatic rings. The highest BCUT2D eigenvalue weighted by molar-refractivity contribution is 5.92. The second-order valence-electron chi connectivity index (χ2n) is 4.72. The number of anilines is 1. The van der Waals surface area contributed by atoms with Crippen LogP contribution in [0.3, 0.4) is 0 Å². The third-order valence-electron chi connectivity index (χ3n) is 2.92. The fraction of sp³-hybridized carbons (Fsp3) is 0.500. The van der Waals surface area contributed by atoms with E-state index in [1.165, 1.54) is 0 Å². The van der Waals surface area contributed by atoms with Crippen molar-refractivity contribution in [2.45, 2.75) is 46.1 Å². The summed E-state index contributed by atoms with van der Waals surface area (Å²) in [7, 11) is 0. The number of hydrogen-bond donors (Lipinski definition) is 3. The summed E-state index contributed by atoms with van der Waals surface area (Å²) in [6.45, 7) is 5.62. The number of aryl methyl sites for hydroxylation is 2. The first-order valence-corrected chi connectivity index (χ1v) is 6.68. The fourth-order valence-electron chi connectivity index (χ4n) is 1.80. The van der Waals surface area contributed by atoms with E-state index >= 15 is 0 Å². The van der Waals surface area contributed by atoms with Crippen LogP contribution < -0.4 is 10.6 Å². The fourth-order valence-corrected chi connectivity index (χ4v) is 1.80. The molecule has 0 saturated heterocycles. The second-order valence-corrected chi connectivity index (χ2v) is 4.72. The number of carbonyl (C=O) groups is 2. The maximum Gasteiger partial charge on any atom is 0.326 e. The van der Waals surface area contributed by atoms with Gasteiger partial charge in [0.05, 0.1) is 11.4 Å². The van der Waals surface area contributed by atoms with Crippen molar-refractivity contribution >= 4 is 17.7 Å². The van der Waals surface area contributed by atoms with Crippen LogP contribution in [0, 0.1) is 13.8 Å². The van der Waals surface area contributed by atoms with E-state index in [4.69, 9.17) is 5.11 Å². The summed E-state index contributed by atoms with van der Waals surface area (Å²) in [5.74, 6) is -1.02. The number of rotatable bonds is 6. The molecule has 0 fully saturated rings. The van der Waals surface area contributed by atoms with E-state index in [0.717, 1.165) is 18.5 Å². The molecule has 1 aromatic rings. The Morgan fingerprint density at radius 2 is 2.05 bits per heavy atom. The van der Waals surface area contributed by atoms with Gasteiger partial charge >= 0.3 is 12.0 Å². The third kappa shape index (κ3) is 4.87. The Morgan fingerprint density at radius 1 is 1.35 bits per heavy atom. The third-order valence-corrected chi connectivity index (χ3v) is 2.92. The average Bonchev–Trinajstić information content (AvgIpc) is 2.37. The molecule has 20 heavy (non-hydrogen) atoms. The van der Waals surface area contributed by atoms with Crippen molar-refractivity contribution in [3.8, 4) is 0 Å². The highest BCUT2D eigenvalue weighted by Crippen LogP contribution is 2.12. The van der Waals surface area contributed by atoms with Gasteiger partial charge < -0.3 is 15.7 Å². The monoisotopic (exact) mass is 279 g/mol. The first-order chi connectivity index (χ1) is 9.43. The minimum Gasteiger partial charge on any atom is -0.480 e. The van der Waals surface area contributed by atoms with E-state index in [1.807, 2.05) is 13.8 Å². The molecule has 0 aliphatic carbocycles. The van der Waals surface area contributed by atoms with Crippen LogP contribution in [0.2, 0.25) is 0 Å². The summed E-state index contributed by atoms with van der Waals surface area (Å²) in [5.41, 5.74) is 2.13. The maximum absolute atomic E-state index is 11.8. The lowest BCUT2D eigenvalue weighted by molar-refractivity contribution is -0.139. The van der Waals surface area contributed by atoms with Crippen LogP contribution in [-0.2, 0) is 4.79 Å². The number of carboxylic acid groups (broad SMARTS) is 1. The van der Waals surface area contributed by atoms with Crippen molar-refractivity contribution in [2.24, 2.45) is 0 Å². The Morgan fingerprint density at radius 3 is 2.60 bits per heavy atom. The quantitative estimate of drug-likeness (QED) is 0.746. The minimum atomic E-state index is -1.02. The summed E-state index contributed by atoms with van der Waals surface area (Å²) in [4.78, 5) is 27.1. The Labute approximate surface area is 118 Å². The summed E-state index contributed by atoms with van der Waals surface area (Å²) in [6, 6.07) is 2.14. The number of amides is 2. The van der Waals surface area contributed by atoms with Gasteiger partial charge in [-0.3, -0.25) is 4.98 Å². The van der Waals surface area contributed by atoms with Crippen LogP contribution in [0.25, 0.3) is 0 Å². The van der Waals surface area contributed by atoms with Crippen molar-refractivity contribution in [1.82, 2.24) is 10.3 Å². The number of urea groups is 1. The molecule has 0 bridgehead atoms. The Bertz CT molecular complexity index is 489. The van der Waals surface area contributed by atoms with Gasteiger partial charge in [0.15, 0.2) is 0 Å². The van der Waals surface area contributed by atoms with Crippen molar-refractivity contribution in [2.75, 3.05) is 5.32 Å². The number of aromatic nitrogens is 1. The summed E-state index contributed by atoms with van der Waals surface area (Å²) in [6.07, 6.45) is 2.06. The van der Waals surface area contributed by atoms with Crippen LogP contribution in [0.15, 0.2) is 12.1 Å². The molecule has 1 atom stereocenters. The number of hydrogen-bond acceptors (Lipinski definition) is 3. The normalized spacial score (nSPS) is 11.8. The van der Waals surface area contributed by atoms with Gasteiger partial charge in [0.25, 0.3) is 0 Å². The lowest BCUT2D eigenvalue weighted by Gasteiger charge is -2.15.